The van der Waals surface area contributed by atoms with Crippen LogP contribution in [-0.4, -0.2) is 28.5 Å². The minimum Gasteiger partial charge on any atom is -0.493 e. The van der Waals surface area contributed by atoms with Crippen molar-refractivity contribution in [3.8, 4) is 16.3 Å². The van der Waals surface area contributed by atoms with E-state index in [1.807, 2.05) is 6.07 Å². The van der Waals surface area contributed by atoms with E-state index in [-0.39, 0.29) is 35.4 Å². The van der Waals surface area contributed by atoms with E-state index in [0.29, 0.717) is 11.4 Å². The Balaban J connectivity index is 1.53. The Morgan fingerprint density at radius 1 is 1.03 bits per heavy atom. The molecule has 3 N–H and O–H groups in total. The van der Waals surface area contributed by atoms with Gasteiger partial charge in [0.05, 0.1) is 24.8 Å². The van der Waals surface area contributed by atoms with Gasteiger partial charge in [0.1, 0.15) is 21.6 Å². The largest absolute Gasteiger partial charge is 0.493 e. The smallest absolute Gasteiger partial charge is 0.419 e. The molecule has 0 aliphatic rings. The minimum absolute atomic E-state index is 0.163. The lowest BCUT2D eigenvalue weighted by Gasteiger charge is -2.15. The molecule has 3 aromatic rings. The molecule has 0 bridgehead atoms. The summed E-state index contributed by atoms with van der Waals surface area (Å²) in [4.78, 5) is 0. The van der Waals surface area contributed by atoms with Crippen LogP contribution in [0.1, 0.15) is 47.9 Å². The van der Waals surface area contributed by atoms with Gasteiger partial charge in [0.15, 0.2) is 0 Å². The van der Waals surface area contributed by atoms with Crippen LogP contribution in [-0.2, 0) is 12.6 Å². The number of halogens is 4. The maximum Gasteiger partial charge on any atom is 0.419 e. The second-order valence-electron chi connectivity index (χ2n) is 7.59. The lowest BCUT2D eigenvalue weighted by Crippen LogP contribution is -2.13. The zero-order valence-corrected chi connectivity index (χ0v) is 18.6. The van der Waals surface area contributed by atoms with Crippen LogP contribution in [0.5, 0.6) is 5.75 Å². The topological polar surface area (TPSA) is 81.3 Å². The molecule has 0 spiro atoms. The number of ether oxygens (including phenoxy) is 1. The molecule has 1 atom stereocenters. The molecule has 0 fully saturated rings. The number of nitrogens with zero attached hydrogens (tertiary/aromatic N) is 2. The Morgan fingerprint density at radius 3 is 2.55 bits per heavy atom. The Labute approximate surface area is 193 Å². The Morgan fingerprint density at radius 2 is 1.82 bits per heavy atom. The lowest BCUT2D eigenvalue weighted by molar-refractivity contribution is -0.138. The summed E-state index contributed by atoms with van der Waals surface area (Å²) in [6.07, 6.45) is -0.676. The average Bonchev–Trinajstić information content (AvgIpc) is 3.28. The molecule has 33 heavy (non-hydrogen) atoms. The van der Waals surface area contributed by atoms with Crippen LogP contribution in [0.25, 0.3) is 10.6 Å². The summed E-state index contributed by atoms with van der Waals surface area (Å²) in [7, 11) is 0. The van der Waals surface area contributed by atoms with Crippen molar-refractivity contribution in [3.05, 3.63) is 64.4 Å². The number of aliphatic hydroxyl groups is 1. The first-order valence-electron chi connectivity index (χ1n) is 10.6. The van der Waals surface area contributed by atoms with Gasteiger partial charge in [0.25, 0.3) is 0 Å². The molecule has 5 nitrogen and oxygen atoms in total. The van der Waals surface area contributed by atoms with Gasteiger partial charge in [-0.2, -0.15) is 13.2 Å². The molecule has 2 aromatic carbocycles. The van der Waals surface area contributed by atoms with Gasteiger partial charge in [-0.3, -0.25) is 0 Å². The van der Waals surface area contributed by atoms with E-state index in [2.05, 4.69) is 10.2 Å². The first kappa shape index (κ1) is 25.1. The molecule has 1 aromatic heterocycles. The molecule has 0 aliphatic heterocycles. The molecule has 0 aliphatic carbocycles. The summed E-state index contributed by atoms with van der Waals surface area (Å²) >= 11 is 1.04. The Bertz CT molecular complexity index is 1040. The van der Waals surface area contributed by atoms with E-state index in [4.69, 9.17) is 15.6 Å². The van der Waals surface area contributed by atoms with Crippen LogP contribution >= 0.6 is 11.3 Å². The van der Waals surface area contributed by atoms with Crippen LogP contribution < -0.4 is 10.5 Å². The van der Waals surface area contributed by atoms with E-state index in [0.717, 1.165) is 48.6 Å². The quantitative estimate of drug-likeness (QED) is 0.277. The van der Waals surface area contributed by atoms with Gasteiger partial charge in [0, 0.05) is 5.56 Å². The number of hydrogen-bond acceptors (Lipinski definition) is 6. The summed E-state index contributed by atoms with van der Waals surface area (Å²) in [5, 5.41) is 17.5. The fraction of sp³-hybridized carbons (Fsp3) is 0.391. The zero-order valence-electron chi connectivity index (χ0n) is 17.8. The molecular formula is C23H25F4N3O2S. The molecule has 3 rings (SSSR count). The normalized spacial score (nSPS) is 12.7. The molecule has 0 radical (unpaired) electrons. The third kappa shape index (κ3) is 7.21. The highest BCUT2D eigenvalue weighted by atomic mass is 32.1. The average molecular weight is 484 g/mol. The molecule has 0 saturated carbocycles. The predicted molar refractivity (Wildman–Crippen MR) is 118 cm³/mol. The third-order valence-corrected chi connectivity index (χ3v) is 6.10. The van der Waals surface area contributed by atoms with Crippen LogP contribution in [0, 0.1) is 5.82 Å². The summed E-state index contributed by atoms with van der Waals surface area (Å²) in [6, 6.07) is 9.51. The highest BCUT2D eigenvalue weighted by molar-refractivity contribution is 7.14. The van der Waals surface area contributed by atoms with Crippen molar-refractivity contribution in [2.24, 2.45) is 5.73 Å². The third-order valence-electron chi connectivity index (χ3n) is 4.99. The van der Waals surface area contributed by atoms with Crippen molar-refractivity contribution in [2.75, 3.05) is 13.2 Å². The van der Waals surface area contributed by atoms with Gasteiger partial charge < -0.3 is 15.6 Å². The first-order chi connectivity index (χ1) is 15.8. The maximum absolute atomic E-state index is 13.6. The van der Waals surface area contributed by atoms with Gasteiger partial charge in [0.2, 0.25) is 0 Å². The number of aryl methyl sites for hydroxylation is 1. The van der Waals surface area contributed by atoms with Crippen molar-refractivity contribution < 1.29 is 27.4 Å². The molecule has 0 saturated heterocycles. The zero-order chi connectivity index (χ0) is 23.8. The number of benzene rings is 2. The van der Waals surface area contributed by atoms with E-state index in [9.17, 15) is 17.6 Å². The number of rotatable bonds is 11. The van der Waals surface area contributed by atoms with Crippen molar-refractivity contribution >= 4 is 11.3 Å². The number of hydrogen-bond donors (Lipinski definition) is 2. The van der Waals surface area contributed by atoms with Crippen LogP contribution in [0.2, 0.25) is 0 Å². The van der Waals surface area contributed by atoms with Crippen molar-refractivity contribution in [1.82, 2.24) is 10.2 Å². The maximum atomic E-state index is 13.6. The second-order valence-corrected chi connectivity index (χ2v) is 8.59. The first-order valence-corrected chi connectivity index (χ1v) is 11.4. The Kier molecular flexibility index (Phi) is 8.76. The van der Waals surface area contributed by atoms with Crippen LogP contribution in [0.4, 0.5) is 17.6 Å². The number of alkyl halides is 3. The number of aliphatic hydroxyl groups excluding tert-OH is 1. The van der Waals surface area contributed by atoms with Crippen molar-refractivity contribution in [2.45, 2.75) is 44.3 Å². The lowest BCUT2D eigenvalue weighted by atomic mass is 10.1. The summed E-state index contributed by atoms with van der Waals surface area (Å²) in [5.41, 5.74) is 5.99. The summed E-state index contributed by atoms with van der Waals surface area (Å²) < 4.78 is 59.4. The monoisotopic (exact) mass is 483 g/mol. The Hall–Kier alpha value is -2.56. The predicted octanol–water partition coefficient (Wildman–Crippen LogP) is 5.54. The van der Waals surface area contributed by atoms with Crippen LogP contribution in [0.3, 0.4) is 0 Å². The van der Waals surface area contributed by atoms with E-state index < -0.39 is 17.8 Å². The van der Waals surface area contributed by atoms with E-state index >= 15 is 0 Å². The summed E-state index contributed by atoms with van der Waals surface area (Å²) in [5.74, 6) is -0.490. The van der Waals surface area contributed by atoms with Gasteiger partial charge in [-0.05, 0) is 55.2 Å². The number of nitrogens with two attached hydrogens (primary N) is 1. The van der Waals surface area contributed by atoms with Crippen molar-refractivity contribution in [1.29, 1.82) is 0 Å². The summed E-state index contributed by atoms with van der Waals surface area (Å²) in [6.45, 7) is -0.170. The highest BCUT2D eigenvalue weighted by Gasteiger charge is 2.35. The van der Waals surface area contributed by atoms with Crippen molar-refractivity contribution in [3.63, 3.8) is 0 Å². The molecule has 0 amide bonds. The van der Waals surface area contributed by atoms with Gasteiger partial charge in [-0.1, -0.05) is 36.3 Å². The van der Waals surface area contributed by atoms with Gasteiger partial charge >= 0.3 is 6.18 Å². The fourth-order valence-electron chi connectivity index (χ4n) is 3.25. The fourth-order valence-corrected chi connectivity index (χ4v) is 4.08. The standard InChI is InChI=1S/C23H25F4N3O2S/c24-17-8-5-7-15(12-17)6-3-1-2-4-11-32-20-10-9-16(13-18(20)23(25,26)27)21-29-30-22(33-21)19(28)14-31/h5,7-10,12-13,19,31H,1-4,6,11,14,28H2. The minimum atomic E-state index is -4.59. The molecule has 1 unspecified atom stereocenters. The van der Waals surface area contributed by atoms with Gasteiger partial charge in [-0.25, -0.2) is 4.39 Å². The SMILES string of the molecule is NC(CO)c1nnc(-c2ccc(OCCCCCCc3cccc(F)c3)c(C(F)(F)F)c2)s1. The van der Waals surface area contributed by atoms with Gasteiger partial charge in [-0.15, -0.1) is 10.2 Å². The molecule has 1 heterocycles. The number of aromatic nitrogens is 2. The van der Waals surface area contributed by atoms with Crippen LogP contribution in [0.15, 0.2) is 42.5 Å². The number of unbranched alkanes of at least 4 members (excludes halogenated alkanes) is 3. The second kappa shape index (κ2) is 11.5. The highest BCUT2D eigenvalue weighted by Crippen LogP contribution is 2.39. The van der Waals surface area contributed by atoms with E-state index in [1.54, 1.807) is 6.07 Å². The molecular weight excluding hydrogens is 458 g/mol. The van der Waals surface area contributed by atoms with E-state index in [1.165, 1.54) is 24.3 Å². The molecule has 178 valence electrons. The molecule has 10 heteroatoms.